The van der Waals surface area contributed by atoms with Gasteiger partial charge in [-0.05, 0) is 6.92 Å². The first-order valence-corrected chi connectivity index (χ1v) is 6.41. The molecule has 2 aliphatic heterocycles. The van der Waals surface area contributed by atoms with Crippen molar-refractivity contribution in [1.82, 2.24) is 20.3 Å². The molecular weight excluding hydrogens is 232 g/mol. The molecule has 2 aliphatic rings. The summed E-state index contributed by atoms with van der Waals surface area (Å²) in [6, 6.07) is 0.666. The van der Waals surface area contributed by atoms with Gasteiger partial charge in [0.15, 0.2) is 0 Å². The second kappa shape index (κ2) is 4.70. The molecule has 0 aromatic carbocycles. The standard InChI is InChI=1S/C12H18N4O2/c1-9-11(8-14-18-9)12(17)16-4-2-15(3-5-16)10-6-13-7-10/h8,10,13H,2-7H2,1H3. The average Bonchev–Trinajstić information content (AvgIpc) is 2.73. The lowest BCUT2D eigenvalue weighted by Gasteiger charge is -2.43. The van der Waals surface area contributed by atoms with Crippen LogP contribution in [0, 0.1) is 6.92 Å². The third-order valence-electron chi connectivity index (χ3n) is 3.86. The summed E-state index contributed by atoms with van der Waals surface area (Å²) in [6.07, 6.45) is 1.51. The summed E-state index contributed by atoms with van der Waals surface area (Å²) < 4.78 is 4.95. The summed E-state index contributed by atoms with van der Waals surface area (Å²) in [5.74, 6) is 0.644. The molecule has 0 bridgehead atoms. The molecule has 2 fully saturated rings. The maximum Gasteiger partial charge on any atom is 0.259 e. The molecule has 2 saturated heterocycles. The lowest BCUT2D eigenvalue weighted by molar-refractivity contribution is 0.0500. The second-order valence-corrected chi connectivity index (χ2v) is 4.94. The molecule has 18 heavy (non-hydrogen) atoms. The predicted octanol–water partition coefficient (Wildman–Crippen LogP) is -0.287. The first kappa shape index (κ1) is 11.7. The number of amides is 1. The zero-order valence-corrected chi connectivity index (χ0v) is 10.6. The van der Waals surface area contributed by atoms with Crippen LogP contribution < -0.4 is 5.32 Å². The summed E-state index contributed by atoms with van der Waals surface area (Å²) in [6.45, 7) is 7.44. The molecule has 0 atom stereocenters. The predicted molar refractivity (Wildman–Crippen MR) is 65.4 cm³/mol. The Labute approximate surface area is 106 Å². The van der Waals surface area contributed by atoms with E-state index < -0.39 is 0 Å². The SMILES string of the molecule is Cc1oncc1C(=O)N1CCN(C2CNC2)CC1. The Bertz CT molecular complexity index is 433. The van der Waals surface area contributed by atoms with E-state index in [0.717, 1.165) is 39.3 Å². The molecule has 0 spiro atoms. The van der Waals surface area contributed by atoms with Crippen LogP contribution in [0.15, 0.2) is 10.7 Å². The van der Waals surface area contributed by atoms with Gasteiger partial charge >= 0.3 is 0 Å². The number of aromatic nitrogens is 1. The molecule has 1 amide bonds. The minimum atomic E-state index is 0.0418. The van der Waals surface area contributed by atoms with Gasteiger partial charge in [0.2, 0.25) is 0 Å². The van der Waals surface area contributed by atoms with Crippen molar-refractivity contribution in [3.63, 3.8) is 0 Å². The third-order valence-corrected chi connectivity index (χ3v) is 3.86. The number of nitrogens with one attached hydrogen (secondary N) is 1. The Balaban J connectivity index is 1.59. The number of hydrogen-bond donors (Lipinski definition) is 1. The fourth-order valence-corrected chi connectivity index (χ4v) is 2.50. The van der Waals surface area contributed by atoms with Crippen LogP contribution in [-0.4, -0.2) is 66.2 Å². The lowest BCUT2D eigenvalue weighted by Crippen LogP contribution is -2.62. The number of rotatable bonds is 2. The van der Waals surface area contributed by atoms with Crippen molar-refractivity contribution < 1.29 is 9.32 Å². The molecule has 6 heteroatoms. The molecule has 1 aromatic rings. The van der Waals surface area contributed by atoms with Crippen LogP contribution in [0.2, 0.25) is 0 Å². The maximum atomic E-state index is 12.2. The average molecular weight is 250 g/mol. The highest BCUT2D eigenvalue weighted by Gasteiger charge is 2.30. The molecule has 1 aromatic heterocycles. The molecule has 98 valence electrons. The van der Waals surface area contributed by atoms with Gasteiger partial charge in [-0.15, -0.1) is 0 Å². The van der Waals surface area contributed by atoms with Crippen LogP contribution in [-0.2, 0) is 0 Å². The number of nitrogens with zero attached hydrogens (tertiary/aromatic N) is 3. The van der Waals surface area contributed by atoms with Crippen molar-refractivity contribution >= 4 is 5.91 Å². The molecule has 0 unspecified atom stereocenters. The molecule has 0 radical (unpaired) electrons. The van der Waals surface area contributed by atoms with Gasteiger partial charge in [-0.3, -0.25) is 9.69 Å². The Kier molecular flexibility index (Phi) is 3.05. The smallest absolute Gasteiger partial charge is 0.259 e. The van der Waals surface area contributed by atoms with Crippen LogP contribution in [0.5, 0.6) is 0 Å². The first-order valence-electron chi connectivity index (χ1n) is 6.41. The maximum absolute atomic E-state index is 12.2. The van der Waals surface area contributed by atoms with E-state index in [4.69, 9.17) is 4.52 Å². The minimum Gasteiger partial charge on any atom is -0.361 e. The number of carbonyl (C=O) groups excluding carboxylic acids is 1. The van der Waals surface area contributed by atoms with Crippen molar-refractivity contribution in [1.29, 1.82) is 0 Å². The topological polar surface area (TPSA) is 61.6 Å². The van der Waals surface area contributed by atoms with E-state index in [2.05, 4.69) is 15.4 Å². The first-order chi connectivity index (χ1) is 8.75. The number of hydrogen-bond acceptors (Lipinski definition) is 5. The second-order valence-electron chi connectivity index (χ2n) is 4.94. The highest BCUT2D eigenvalue weighted by atomic mass is 16.5. The monoisotopic (exact) mass is 250 g/mol. The number of piperazine rings is 1. The molecule has 3 heterocycles. The van der Waals surface area contributed by atoms with Crippen LogP contribution in [0.1, 0.15) is 16.1 Å². The van der Waals surface area contributed by atoms with Crippen molar-refractivity contribution in [2.24, 2.45) is 0 Å². The van der Waals surface area contributed by atoms with E-state index >= 15 is 0 Å². The van der Waals surface area contributed by atoms with Crippen molar-refractivity contribution in [3.05, 3.63) is 17.5 Å². The summed E-state index contributed by atoms with van der Waals surface area (Å²) in [4.78, 5) is 16.6. The van der Waals surface area contributed by atoms with E-state index in [1.807, 2.05) is 4.90 Å². The number of aryl methyl sites for hydroxylation is 1. The van der Waals surface area contributed by atoms with Gasteiger partial charge in [-0.25, -0.2) is 0 Å². The fourth-order valence-electron chi connectivity index (χ4n) is 2.50. The van der Waals surface area contributed by atoms with Crippen LogP contribution in [0.25, 0.3) is 0 Å². The Morgan fingerprint density at radius 2 is 2.11 bits per heavy atom. The van der Waals surface area contributed by atoms with Gasteiger partial charge in [0.1, 0.15) is 11.3 Å². The zero-order valence-electron chi connectivity index (χ0n) is 10.6. The van der Waals surface area contributed by atoms with Gasteiger partial charge < -0.3 is 14.7 Å². The molecule has 0 aliphatic carbocycles. The van der Waals surface area contributed by atoms with Crippen LogP contribution in [0.4, 0.5) is 0 Å². The van der Waals surface area contributed by atoms with Gasteiger partial charge in [-0.1, -0.05) is 5.16 Å². The molecule has 3 rings (SSSR count). The van der Waals surface area contributed by atoms with E-state index in [0.29, 0.717) is 17.4 Å². The van der Waals surface area contributed by atoms with Gasteiger partial charge in [0.05, 0.1) is 6.20 Å². The van der Waals surface area contributed by atoms with Crippen molar-refractivity contribution in [3.8, 4) is 0 Å². The quantitative estimate of drug-likeness (QED) is 0.781. The Morgan fingerprint density at radius 1 is 1.39 bits per heavy atom. The fraction of sp³-hybridized carbons (Fsp3) is 0.667. The molecular formula is C12H18N4O2. The van der Waals surface area contributed by atoms with Gasteiger partial charge in [-0.2, -0.15) is 0 Å². The highest BCUT2D eigenvalue weighted by molar-refractivity contribution is 5.94. The normalized spacial score (nSPS) is 21.9. The largest absolute Gasteiger partial charge is 0.361 e. The highest BCUT2D eigenvalue weighted by Crippen LogP contribution is 2.14. The van der Waals surface area contributed by atoms with E-state index in [9.17, 15) is 4.79 Å². The van der Waals surface area contributed by atoms with E-state index in [1.165, 1.54) is 6.20 Å². The summed E-state index contributed by atoms with van der Waals surface area (Å²) in [5.41, 5.74) is 0.591. The molecule has 0 saturated carbocycles. The van der Waals surface area contributed by atoms with Gasteiger partial charge in [0.25, 0.3) is 5.91 Å². The van der Waals surface area contributed by atoms with Crippen LogP contribution >= 0.6 is 0 Å². The van der Waals surface area contributed by atoms with Crippen molar-refractivity contribution in [2.75, 3.05) is 39.3 Å². The number of carbonyl (C=O) groups is 1. The van der Waals surface area contributed by atoms with Crippen LogP contribution in [0.3, 0.4) is 0 Å². The molecule has 6 nitrogen and oxygen atoms in total. The summed E-state index contributed by atoms with van der Waals surface area (Å²) >= 11 is 0. The van der Waals surface area contributed by atoms with Gasteiger partial charge in [0, 0.05) is 45.3 Å². The zero-order chi connectivity index (χ0) is 12.5. The molecule has 1 N–H and O–H groups in total. The Hall–Kier alpha value is -1.40. The minimum absolute atomic E-state index is 0.0418. The van der Waals surface area contributed by atoms with Crippen molar-refractivity contribution in [2.45, 2.75) is 13.0 Å². The van der Waals surface area contributed by atoms with E-state index in [1.54, 1.807) is 6.92 Å². The summed E-state index contributed by atoms with van der Waals surface area (Å²) in [7, 11) is 0. The van der Waals surface area contributed by atoms with E-state index in [-0.39, 0.29) is 5.91 Å². The summed E-state index contributed by atoms with van der Waals surface area (Å²) in [5, 5.41) is 6.94. The Morgan fingerprint density at radius 3 is 2.61 bits per heavy atom. The lowest BCUT2D eigenvalue weighted by atomic mass is 10.1. The third kappa shape index (κ3) is 2.02.